The van der Waals surface area contributed by atoms with Gasteiger partial charge in [-0.3, -0.25) is 14.4 Å². The maximum Gasteiger partial charge on any atom is 0.307 e. The van der Waals surface area contributed by atoms with Crippen molar-refractivity contribution in [3.8, 4) is 0 Å². The summed E-state index contributed by atoms with van der Waals surface area (Å²) in [6.45, 7) is 2.08. The highest BCUT2D eigenvalue weighted by Crippen LogP contribution is 2.12. The third-order valence-electron chi connectivity index (χ3n) is 2.44. The number of hydrogen-bond acceptors (Lipinski definition) is 3. The standard InChI is InChI=1S/C13H17NO4/c1-2-18-14-12(15)9-11(13(16)17)8-10-6-4-3-5-7-10/h3-7,11H,2,8-9H2,1H3,(H,14,15)(H,16,17). The van der Waals surface area contributed by atoms with Crippen LogP contribution in [0.4, 0.5) is 0 Å². The SMILES string of the molecule is CCONC(=O)CC(Cc1ccccc1)C(=O)O. The first-order valence-corrected chi connectivity index (χ1v) is 5.80. The van der Waals surface area contributed by atoms with Crippen LogP contribution >= 0.6 is 0 Å². The molecule has 1 aromatic rings. The summed E-state index contributed by atoms with van der Waals surface area (Å²) in [4.78, 5) is 27.2. The van der Waals surface area contributed by atoms with E-state index in [9.17, 15) is 9.59 Å². The minimum Gasteiger partial charge on any atom is -0.481 e. The lowest BCUT2D eigenvalue weighted by Crippen LogP contribution is -2.29. The number of carboxylic acid groups (broad SMARTS) is 1. The zero-order valence-corrected chi connectivity index (χ0v) is 10.3. The number of carbonyl (C=O) groups excluding carboxylic acids is 1. The number of carbonyl (C=O) groups is 2. The summed E-state index contributed by atoms with van der Waals surface area (Å²) in [6, 6.07) is 9.23. The van der Waals surface area contributed by atoms with E-state index in [0.29, 0.717) is 13.0 Å². The number of nitrogens with one attached hydrogen (secondary N) is 1. The molecule has 2 N–H and O–H groups in total. The highest BCUT2D eigenvalue weighted by atomic mass is 16.6. The van der Waals surface area contributed by atoms with Gasteiger partial charge in [-0.1, -0.05) is 30.3 Å². The molecule has 0 aliphatic carbocycles. The van der Waals surface area contributed by atoms with Crippen molar-refractivity contribution < 1.29 is 19.5 Å². The molecule has 5 nitrogen and oxygen atoms in total. The number of carboxylic acids is 1. The topological polar surface area (TPSA) is 75.6 Å². The second kappa shape index (κ2) is 7.45. The van der Waals surface area contributed by atoms with Gasteiger partial charge in [-0.15, -0.1) is 0 Å². The van der Waals surface area contributed by atoms with Gasteiger partial charge in [0.1, 0.15) is 0 Å². The summed E-state index contributed by atoms with van der Waals surface area (Å²) in [7, 11) is 0. The van der Waals surface area contributed by atoms with E-state index in [1.807, 2.05) is 30.3 Å². The van der Waals surface area contributed by atoms with E-state index in [4.69, 9.17) is 9.94 Å². The van der Waals surface area contributed by atoms with Crippen LogP contribution < -0.4 is 5.48 Å². The average molecular weight is 251 g/mol. The molecule has 1 amide bonds. The molecular weight excluding hydrogens is 234 g/mol. The highest BCUT2D eigenvalue weighted by Gasteiger charge is 2.21. The Kier molecular flexibility index (Phi) is 5.87. The van der Waals surface area contributed by atoms with Crippen molar-refractivity contribution >= 4 is 11.9 Å². The van der Waals surface area contributed by atoms with E-state index in [-0.39, 0.29) is 6.42 Å². The Morgan fingerprint density at radius 2 is 2.00 bits per heavy atom. The van der Waals surface area contributed by atoms with Gasteiger partial charge in [-0.2, -0.15) is 0 Å². The molecule has 0 saturated heterocycles. The van der Waals surface area contributed by atoms with Crippen molar-refractivity contribution in [2.45, 2.75) is 19.8 Å². The molecule has 0 radical (unpaired) electrons. The van der Waals surface area contributed by atoms with E-state index in [1.54, 1.807) is 6.92 Å². The first-order valence-electron chi connectivity index (χ1n) is 5.80. The van der Waals surface area contributed by atoms with Crippen molar-refractivity contribution in [3.63, 3.8) is 0 Å². The molecule has 0 aliphatic heterocycles. The summed E-state index contributed by atoms with van der Waals surface area (Å²) < 4.78 is 0. The molecule has 0 saturated carbocycles. The Morgan fingerprint density at radius 3 is 2.56 bits per heavy atom. The molecule has 1 atom stereocenters. The highest BCUT2D eigenvalue weighted by molar-refractivity contribution is 5.81. The largest absolute Gasteiger partial charge is 0.481 e. The first kappa shape index (κ1) is 14.2. The minimum atomic E-state index is -0.981. The van der Waals surface area contributed by atoms with Crippen LogP contribution in [0.3, 0.4) is 0 Å². The van der Waals surface area contributed by atoms with Crippen LogP contribution in [0.15, 0.2) is 30.3 Å². The van der Waals surface area contributed by atoms with Crippen LogP contribution in [0.1, 0.15) is 18.9 Å². The smallest absolute Gasteiger partial charge is 0.307 e. The third kappa shape index (κ3) is 4.97. The van der Waals surface area contributed by atoms with E-state index >= 15 is 0 Å². The molecule has 1 unspecified atom stereocenters. The summed E-state index contributed by atoms with van der Waals surface area (Å²) >= 11 is 0. The molecule has 0 fully saturated rings. The molecule has 0 spiro atoms. The number of amides is 1. The van der Waals surface area contributed by atoms with Crippen molar-refractivity contribution in [2.75, 3.05) is 6.61 Å². The molecule has 1 aromatic carbocycles. The third-order valence-corrected chi connectivity index (χ3v) is 2.44. The summed E-state index contributed by atoms with van der Waals surface area (Å²) in [6.07, 6.45) is 0.236. The lowest BCUT2D eigenvalue weighted by Gasteiger charge is -2.12. The number of hydroxylamine groups is 1. The first-order chi connectivity index (χ1) is 8.63. The Labute approximate surface area is 106 Å². The summed E-state index contributed by atoms with van der Waals surface area (Å²) in [5.74, 6) is -2.14. The van der Waals surface area contributed by atoms with Crippen LogP contribution in [0.2, 0.25) is 0 Å². The number of aliphatic carboxylic acids is 1. The van der Waals surface area contributed by atoms with Crippen molar-refractivity contribution in [2.24, 2.45) is 5.92 Å². The van der Waals surface area contributed by atoms with E-state index < -0.39 is 17.8 Å². The van der Waals surface area contributed by atoms with E-state index in [1.165, 1.54) is 0 Å². The second-order valence-electron chi connectivity index (χ2n) is 3.89. The maximum atomic E-state index is 11.4. The van der Waals surface area contributed by atoms with Crippen molar-refractivity contribution in [1.82, 2.24) is 5.48 Å². The van der Waals surface area contributed by atoms with Gasteiger partial charge < -0.3 is 5.11 Å². The zero-order valence-electron chi connectivity index (χ0n) is 10.3. The van der Waals surface area contributed by atoms with Gasteiger partial charge in [0, 0.05) is 6.42 Å². The zero-order chi connectivity index (χ0) is 13.4. The van der Waals surface area contributed by atoms with Gasteiger partial charge >= 0.3 is 5.97 Å². The van der Waals surface area contributed by atoms with Crippen molar-refractivity contribution in [1.29, 1.82) is 0 Å². The summed E-state index contributed by atoms with van der Waals surface area (Å²) in [5.41, 5.74) is 3.10. The fourth-order valence-electron chi connectivity index (χ4n) is 1.56. The monoisotopic (exact) mass is 251 g/mol. The molecule has 5 heteroatoms. The van der Waals surface area contributed by atoms with Gasteiger partial charge in [0.15, 0.2) is 0 Å². The number of benzene rings is 1. The molecular formula is C13H17NO4. The van der Waals surface area contributed by atoms with Crippen molar-refractivity contribution in [3.05, 3.63) is 35.9 Å². The van der Waals surface area contributed by atoms with E-state index in [2.05, 4.69) is 5.48 Å². The van der Waals surface area contributed by atoms with Crippen LogP contribution in [0, 0.1) is 5.92 Å². The van der Waals surface area contributed by atoms with Crippen LogP contribution in [-0.4, -0.2) is 23.6 Å². The molecule has 0 bridgehead atoms. The maximum absolute atomic E-state index is 11.4. The number of rotatable bonds is 7. The van der Waals surface area contributed by atoms with Crippen LogP contribution in [0.5, 0.6) is 0 Å². The van der Waals surface area contributed by atoms with Crippen LogP contribution in [-0.2, 0) is 20.8 Å². The Morgan fingerprint density at radius 1 is 1.33 bits per heavy atom. The molecule has 98 valence electrons. The quantitative estimate of drug-likeness (QED) is 0.718. The average Bonchev–Trinajstić information content (AvgIpc) is 2.36. The van der Waals surface area contributed by atoms with E-state index in [0.717, 1.165) is 5.56 Å². The predicted octanol–water partition coefficient (Wildman–Crippen LogP) is 1.39. The molecule has 0 aliphatic rings. The molecule has 1 rings (SSSR count). The van der Waals surface area contributed by atoms with Gasteiger partial charge in [0.05, 0.1) is 12.5 Å². The normalized spacial score (nSPS) is 11.8. The number of hydrogen-bond donors (Lipinski definition) is 2. The fourth-order valence-corrected chi connectivity index (χ4v) is 1.56. The summed E-state index contributed by atoms with van der Waals surface area (Å²) in [5, 5.41) is 9.09. The Balaban J connectivity index is 2.55. The van der Waals surface area contributed by atoms with Gasteiger partial charge in [-0.05, 0) is 18.9 Å². The Bertz CT molecular complexity index is 391. The van der Waals surface area contributed by atoms with Gasteiger partial charge in [0.2, 0.25) is 5.91 Å². The minimum absolute atomic E-state index is 0.0930. The predicted molar refractivity (Wildman–Crippen MR) is 65.7 cm³/mol. The molecule has 0 aromatic heterocycles. The lowest BCUT2D eigenvalue weighted by molar-refractivity contribution is -0.146. The fraction of sp³-hybridized carbons (Fsp3) is 0.385. The molecule has 18 heavy (non-hydrogen) atoms. The van der Waals surface area contributed by atoms with Gasteiger partial charge in [-0.25, -0.2) is 5.48 Å². The lowest BCUT2D eigenvalue weighted by atomic mass is 9.96. The second-order valence-corrected chi connectivity index (χ2v) is 3.89. The molecule has 0 heterocycles. The van der Waals surface area contributed by atoms with Crippen LogP contribution in [0.25, 0.3) is 0 Å². The van der Waals surface area contributed by atoms with Gasteiger partial charge in [0.25, 0.3) is 0 Å². The Hall–Kier alpha value is -1.88.